The van der Waals surface area contributed by atoms with Crippen LogP contribution < -0.4 is 5.32 Å². The van der Waals surface area contributed by atoms with E-state index in [2.05, 4.69) is 52.3 Å². The van der Waals surface area contributed by atoms with Crippen molar-refractivity contribution in [3.05, 3.63) is 45.6 Å². The minimum absolute atomic E-state index is 0.106. The van der Waals surface area contributed by atoms with Crippen LogP contribution in [0.15, 0.2) is 40.9 Å². The zero-order chi connectivity index (χ0) is 19.4. The summed E-state index contributed by atoms with van der Waals surface area (Å²) in [6, 6.07) is 9.46. The lowest BCUT2D eigenvalue weighted by Crippen LogP contribution is -2.15. The number of rotatable bonds is 7. The Labute approximate surface area is 172 Å². The molecule has 0 bridgehead atoms. The first-order valence-electron chi connectivity index (χ1n) is 8.68. The van der Waals surface area contributed by atoms with Crippen molar-refractivity contribution < 1.29 is 4.79 Å². The van der Waals surface area contributed by atoms with E-state index < -0.39 is 0 Å². The van der Waals surface area contributed by atoms with E-state index in [1.165, 1.54) is 16.6 Å². The molecule has 2 heterocycles. The maximum absolute atomic E-state index is 12.3. The maximum atomic E-state index is 12.3. The highest BCUT2D eigenvalue weighted by Crippen LogP contribution is 2.30. The molecule has 0 atom stereocenters. The summed E-state index contributed by atoms with van der Waals surface area (Å²) in [5.74, 6) is 0.992. The van der Waals surface area contributed by atoms with E-state index in [0.717, 1.165) is 23.0 Å². The molecule has 3 aromatic rings. The van der Waals surface area contributed by atoms with Gasteiger partial charge in [-0.15, -0.1) is 21.5 Å². The molecule has 0 aliphatic rings. The van der Waals surface area contributed by atoms with Gasteiger partial charge in [-0.05, 0) is 44.5 Å². The Kier molecular flexibility index (Phi) is 6.57. The summed E-state index contributed by atoms with van der Waals surface area (Å²) < 4.78 is 2.08. The van der Waals surface area contributed by atoms with Crippen LogP contribution in [0.25, 0.3) is 11.4 Å². The average Bonchev–Trinajstić information content (AvgIpc) is 3.26. The Morgan fingerprint density at radius 3 is 2.81 bits per heavy atom. The largest absolute Gasteiger partial charge is 0.325 e. The van der Waals surface area contributed by atoms with E-state index in [1.807, 2.05) is 6.07 Å². The second kappa shape index (κ2) is 8.91. The first kappa shape index (κ1) is 19.9. The third kappa shape index (κ3) is 4.91. The van der Waals surface area contributed by atoms with Crippen LogP contribution >= 0.6 is 34.7 Å². The van der Waals surface area contributed by atoms with Gasteiger partial charge in [-0.1, -0.05) is 36.4 Å². The highest BCUT2D eigenvalue weighted by molar-refractivity contribution is 7.99. The van der Waals surface area contributed by atoms with Crippen molar-refractivity contribution in [1.82, 2.24) is 14.8 Å². The van der Waals surface area contributed by atoms with Crippen LogP contribution in [0.3, 0.4) is 0 Å². The molecular formula is C19H21ClN4OS2. The third-order valence-corrected chi connectivity index (χ3v) is 6.14. The van der Waals surface area contributed by atoms with E-state index >= 15 is 0 Å². The molecule has 5 nitrogen and oxygen atoms in total. The van der Waals surface area contributed by atoms with Crippen molar-refractivity contribution in [2.75, 3.05) is 11.1 Å². The number of nitrogens with zero attached hydrogens (tertiary/aromatic N) is 3. The van der Waals surface area contributed by atoms with E-state index in [1.54, 1.807) is 29.5 Å². The van der Waals surface area contributed by atoms with Gasteiger partial charge in [0.05, 0.1) is 5.75 Å². The second-order valence-electron chi connectivity index (χ2n) is 6.27. The number of amides is 1. The molecule has 0 fully saturated rings. The van der Waals surface area contributed by atoms with Crippen molar-refractivity contribution >= 4 is 46.3 Å². The first-order chi connectivity index (χ1) is 13.0. The van der Waals surface area contributed by atoms with E-state index in [-0.39, 0.29) is 17.7 Å². The lowest BCUT2D eigenvalue weighted by Gasteiger charge is -2.13. The van der Waals surface area contributed by atoms with E-state index in [4.69, 9.17) is 11.6 Å². The molecule has 0 saturated heterocycles. The summed E-state index contributed by atoms with van der Waals surface area (Å²) in [5, 5.41) is 15.0. The first-order valence-corrected chi connectivity index (χ1v) is 10.9. The molecule has 2 aromatic heterocycles. The van der Waals surface area contributed by atoms with Crippen LogP contribution in [-0.4, -0.2) is 26.4 Å². The van der Waals surface area contributed by atoms with Crippen LogP contribution in [0.1, 0.15) is 31.7 Å². The van der Waals surface area contributed by atoms with Crippen molar-refractivity contribution in [2.24, 2.45) is 0 Å². The van der Waals surface area contributed by atoms with Crippen molar-refractivity contribution in [3.8, 4) is 11.4 Å². The monoisotopic (exact) mass is 420 g/mol. The van der Waals surface area contributed by atoms with Crippen LogP contribution in [-0.2, 0) is 11.2 Å². The highest BCUT2D eigenvalue weighted by atomic mass is 35.5. The van der Waals surface area contributed by atoms with E-state index in [0.29, 0.717) is 10.7 Å². The smallest absolute Gasteiger partial charge is 0.234 e. The van der Waals surface area contributed by atoms with Gasteiger partial charge in [-0.3, -0.25) is 9.36 Å². The standard InChI is InChI=1S/C19H21ClN4OS2/c1-4-16-8-13(10-26-16)18-22-23-19(24(18)12(2)3)27-11-17(25)21-15-7-5-6-14(20)9-15/h5-10,12H,4,11H2,1-3H3,(H,21,25). The number of halogens is 1. The minimum atomic E-state index is -0.106. The van der Waals surface area contributed by atoms with Gasteiger partial charge in [-0.25, -0.2) is 0 Å². The molecule has 0 aliphatic carbocycles. The fourth-order valence-electron chi connectivity index (χ4n) is 2.61. The minimum Gasteiger partial charge on any atom is -0.325 e. The van der Waals surface area contributed by atoms with Gasteiger partial charge in [0.25, 0.3) is 0 Å². The molecule has 1 amide bonds. The predicted octanol–water partition coefficient (Wildman–Crippen LogP) is 5.53. The lowest BCUT2D eigenvalue weighted by atomic mass is 10.2. The molecule has 142 valence electrons. The molecule has 8 heteroatoms. The Bertz CT molecular complexity index is 935. The summed E-state index contributed by atoms with van der Waals surface area (Å²) >= 11 is 9.07. The van der Waals surface area contributed by atoms with Gasteiger partial charge < -0.3 is 5.32 Å². The van der Waals surface area contributed by atoms with Gasteiger partial charge in [0.15, 0.2) is 11.0 Å². The Morgan fingerprint density at radius 2 is 2.15 bits per heavy atom. The highest BCUT2D eigenvalue weighted by Gasteiger charge is 2.18. The number of anilines is 1. The molecule has 0 saturated carbocycles. The van der Waals surface area contributed by atoms with Gasteiger partial charge in [0.2, 0.25) is 5.91 Å². The van der Waals surface area contributed by atoms with E-state index in [9.17, 15) is 4.79 Å². The Balaban J connectivity index is 1.72. The zero-order valence-corrected chi connectivity index (χ0v) is 17.8. The second-order valence-corrected chi connectivity index (χ2v) is 8.65. The quantitative estimate of drug-likeness (QED) is 0.510. The number of hydrogen-bond acceptors (Lipinski definition) is 5. The maximum Gasteiger partial charge on any atom is 0.234 e. The summed E-state index contributed by atoms with van der Waals surface area (Å²) in [6.07, 6.45) is 1.01. The van der Waals surface area contributed by atoms with Crippen molar-refractivity contribution in [3.63, 3.8) is 0 Å². The summed E-state index contributed by atoms with van der Waals surface area (Å²) in [6.45, 7) is 6.33. The number of thiophene rings is 1. The van der Waals surface area contributed by atoms with Crippen molar-refractivity contribution in [2.45, 2.75) is 38.4 Å². The number of aromatic nitrogens is 3. The molecule has 0 unspecified atom stereocenters. The average molecular weight is 421 g/mol. The van der Waals surface area contributed by atoms with Crippen LogP contribution in [0.5, 0.6) is 0 Å². The molecule has 0 radical (unpaired) electrons. The van der Waals surface area contributed by atoms with Gasteiger partial charge in [-0.2, -0.15) is 0 Å². The Morgan fingerprint density at radius 1 is 1.33 bits per heavy atom. The molecular weight excluding hydrogens is 400 g/mol. The summed E-state index contributed by atoms with van der Waals surface area (Å²) in [7, 11) is 0. The molecule has 1 aromatic carbocycles. The number of hydrogen-bond donors (Lipinski definition) is 1. The van der Waals surface area contributed by atoms with Gasteiger partial charge in [0, 0.05) is 32.6 Å². The van der Waals surface area contributed by atoms with Crippen LogP contribution in [0, 0.1) is 0 Å². The SMILES string of the molecule is CCc1cc(-c2nnc(SCC(=O)Nc3cccc(Cl)c3)n2C(C)C)cs1. The van der Waals surface area contributed by atoms with Crippen LogP contribution in [0.2, 0.25) is 5.02 Å². The Hall–Kier alpha value is -1.83. The van der Waals surface area contributed by atoms with Crippen LogP contribution in [0.4, 0.5) is 5.69 Å². The summed E-state index contributed by atoms with van der Waals surface area (Å²) in [5.41, 5.74) is 1.76. The third-order valence-electron chi connectivity index (χ3n) is 3.88. The fourth-order valence-corrected chi connectivity index (χ4v) is 4.49. The number of carbonyl (C=O) groups is 1. The predicted molar refractivity (Wildman–Crippen MR) is 114 cm³/mol. The van der Waals surface area contributed by atoms with Crippen molar-refractivity contribution in [1.29, 1.82) is 0 Å². The molecule has 1 N–H and O–H groups in total. The topological polar surface area (TPSA) is 59.8 Å². The zero-order valence-electron chi connectivity index (χ0n) is 15.4. The normalized spacial score (nSPS) is 11.1. The fraction of sp³-hybridized carbons (Fsp3) is 0.316. The lowest BCUT2D eigenvalue weighted by molar-refractivity contribution is -0.113. The number of thioether (sulfide) groups is 1. The summed E-state index contributed by atoms with van der Waals surface area (Å²) in [4.78, 5) is 13.6. The molecule has 27 heavy (non-hydrogen) atoms. The number of nitrogens with one attached hydrogen (secondary N) is 1. The number of benzene rings is 1. The number of aryl methyl sites for hydroxylation is 1. The molecule has 0 aliphatic heterocycles. The van der Waals surface area contributed by atoms with Gasteiger partial charge >= 0.3 is 0 Å². The molecule has 3 rings (SSSR count). The molecule has 0 spiro atoms. The number of carbonyl (C=O) groups excluding carboxylic acids is 1. The van der Waals surface area contributed by atoms with Gasteiger partial charge in [0.1, 0.15) is 0 Å².